The highest BCUT2D eigenvalue weighted by Crippen LogP contribution is 2.42. The minimum atomic E-state index is -0.903. The summed E-state index contributed by atoms with van der Waals surface area (Å²) in [5.74, 6) is -2.84. The zero-order valence-corrected chi connectivity index (χ0v) is 15.1. The molecule has 0 aromatic heterocycles. The first-order valence-corrected chi connectivity index (χ1v) is 8.81. The molecule has 1 aromatic carbocycles. The van der Waals surface area contributed by atoms with Gasteiger partial charge >= 0.3 is 5.97 Å². The Kier molecular flexibility index (Phi) is 5.07. The molecule has 3 unspecified atom stereocenters. The van der Waals surface area contributed by atoms with Gasteiger partial charge in [-0.3, -0.25) is 24.5 Å². The number of allylic oxidation sites excluding steroid dienone is 2. The third-order valence-electron chi connectivity index (χ3n) is 5.04. The van der Waals surface area contributed by atoms with Gasteiger partial charge in [-0.2, -0.15) is 0 Å². The Labute approximate surface area is 155 Å². The number of nitro groups is 1. The molecule has 1 amide bonds. The van der Waals surface area contributed by atoms with E-state index in [1.54, 1.807) is 26.0 Å². The van der Waals surface area contributed by atoms with Crippen molar-refractivity contribution in [2.45, 2.75) is 32.6 Å². The van der Waals surface area contributed by atoms with Gasteiger partial charge in [0.05, 0.1) is 11.5 Å². The van der Waals surface area contributed by atoms with Gasteiger partial charge in [0.25, 0.3) is 5.69 Å². The normalized spacial score (nSPS) is 24.9. The summed E-state index contributed by atoms with van der Waals surface area (Å²) in [6, 6.07) is 5.80. The fourth-order valence-electron chi connectivity index (χ4n) is 3.82. The number of hydrogen-bond acceptors (Lipinski definition) is 6. The van der Waals surface area contributed by atoms with Crippen molar-refractivity contribution in [1.29, 1.82) is 0 Å². The van der Waals surface area contributed by atoms with Gasteiger partial charge < -0.3 is 10.1 Å². The quantitative estimate of drug-likeness (QED) is 0.375. The number of carbonyl (C=O) groups is 3. The number of non-ortho nitro benzene ring substituents is 1. The van der Waals surface area contributed by atoms with Gasteiger partial charge in [0.15, 0.2) is 5.78 Å². The fraction of sp³-hybridized carbons (Fsp3) is 0.421. The number of esters is 1. The maximum absolute atomic E-state index is 13.1. The molecule has 0 radical (unpaired) electrons. The van der Waals surface area contributed by atoms with Gasteiger partial charge in [0.2, 0.25) is 5.91 Å². The molecule has 1 aromatic rings. The third kappa shape index (κ3) is 3.47. The summed E-state index contributed by atoms with van der Waals surface area (Å²) in [6.45, 7) is 3.65. The van der Waals surface area contributed by atoms with E-state index in [-0.39, 0.29) is 36.3 Å². The van der Waals surface area contributed by atoms with E-state index in [4.69, 9.17) is 4.74 Å². The van der Waals surface area contributed by atoms with E-state index in [0.29, 0.717) is 23.3 Å². The van der Waals surface area contributed by atoms with E-state index >= 15 is 0 Å². The van der Waals surface area contributed by atoms with Crippen LogP contribution in [0.15, 0.2) is 35.5 Å². The summed E-state index contributed by atoms with van der Waals surface area (Å²) in [7, 11) is 0. The number of nitro benzene ring substituents is 1. The average Bonchev–Trinajstić information content (AvgIpc) is 2.61. The molecular weight excluding hydrogens is 352 g/mol. The molecule has 2 aliphatic rings. The number of Topliss-reactive ketones (excluding diaryl/α,β-unsaturated/α-hetero) is 1. The SMILES string of the molecule is CCOC(=O)C1C(=O)C2=C(CC1C)NC(=O)CC2c1ccc([N+](=O)[O-])cc1. The summed E-state index contributed by atoms with van der Waals surface area (Å²) < 4.78 is 5.06. The van der Waals surface area contributed by atoms with E-state index in [1.807, 2.05) is 0 Å². The minimum absolute atomic E-state index is 0.0479. The Morgan fingerprint density at radius 3 is 2.52 bits per heavy atom. The van der Waals surface area contributed by atoms with E-state index in [1.165, 1.54) is 12.1 Å². The van der Waals surface area contributed by atoms with Crippen molar-refractivity contribution < 1.29 is 24.0 Å². The topological polar surface area (TPSA) is 116 Å². The molecule has 27 heavy (non-hydrogen) atoms. The van der Waals surface area contributed by atoms with E-state index in [0.717, 1.165) is 0 Å². The summed E-state index contributed by atoms with van der Waals surface area (Å²) in [6.07, 6.45) is 0.437. The molecule has 3 rings (SSSR count). The lowest BCUT2D eigenvalue weighted by Gasteiger charge is -2.36. The van der Waals surface area contributed by atoms with E-state index in [9.17, 15) is 24.5 Å². The Hall–Kier alpha value is -3.03. The number of rotatable bonds is 4. The monoisotopic (exact) mass is 372 g/mol. The molecule has 8 heteroatoms. The number of nitrogens with zero attached hydrogens (tertiary/aromatic N) is 1. The molecule has 1 N–H and O–H groups in total. The van der Waals surface area contributed by atoms with Crippen LogP contribution in [0.5, 0.6) is 0 Å². The van der Waals surface area contributed by atoms with Crippen molar-refractivity contribution in [1.82, 2.24) is 5.32 Å². The number of nitrogens with one attached hydrogen (secondary N) is 1. The fourth-order valence-corrected chi connectivity index (χ4v) is 3.82. The van der Waals surface area contributed by atoms with Crippen LogP contribution in [0, 0.1) is 22.0 Å². The zero-order valence-electron chi connectivity index (χ0n) is 15.1. The number of hydrogen-bond donors (Lipinski definition) is 1. The van der Waals surface area contributed by atoms with Crippen molar-refractivity contribution >= 4 is 23.3 Å². The lowest BCUT2D eigenvalue weighted by Crippen LogP contribution is -2.44. The van der Waals surface area contributed by atoms with E-state index in [2.05, 4.69) is 5.32 Å². The zero-order chi connectivity index (χ0) is 19.7. The Balaban J connectivity index is 2.01. The van der Waals surface area contributed by atoms with Gasteiger partial charge in [-0.25, -0.2) is 0 Å². The predicted octanol–water partition coefficient (Wildman–Crippen LogP) is 2.24. The molecule has 1 aliphatic carbocycles. The average molecular weight is 372 g/mol. The van der Waals surface area contributed by atoms with Crippen LogP contribution < -0.4 is 5.32 Å². The summed E-state index contributed by atoms with van der Waals surface area (Å²) in [5, 5.41) is 13.6. The first kappa shape index (κ1) is 18.8. The summed E-state index contributed by atoms with van der Waals surface area (Å²) in [5.41, 5.74) is 1.50. The third-order valence-corrected chi connectivity index (χ3v) is 5.04. The van der Waals surface area contributed by atoms with Gasteiger partial charge in [-0.15, -0.1) is 0 Å². The highest BCUT2D eigenvalue weighted by atomic mass is 16.6. The standard InChI is InChI=1S/C19H20N2O6/c1-3-27-19(24)16-10(2)8-14-17(18(16)23)13(9-15(22)20-14)11-4-6-12(7-5-11)21(25)26/h4-7,10,13,16H,3,8-9H2,1-2H3,(H,20,22). The molecule has 0 bridgehead atoms. The van der Waals surface area contributed by atoms with Gasteiger partial charge in [0, 0.05) is 35.7 Å². The van der Waals surface area contributed by atoms with Crippen LogP contribution in [0.3, 0.4) is 0 Å². The van der Waals surface area contributed by atoms with Crippen molar-refractivity contribution in [3.63, 3.8) is 0 Å². The van der Waals surface area contributed by atoms with Gasteiger partial charge in [0.1, 0.15) is 5.92 Å². The lowest BCUT2D eigenvalue weighted by molar-refractivity contribution is -0.384. The maximum Gasteiger partial charge on any atom is 0.317 e. The number of amides is 1. The smallest absolute Gasteiger partial charge is 0.317 e. The van der Waals surface area contributed by atoms with Crippen LogP contribution in [0.2, 0.25) is 0 Å². The van der Waals surface area contributed by atoms with Crippen molar-refractivity contribution in [3.05, 3.63) is 51.2 Å². The molecule has 1 heterocycles. The van der Waals surface area contributed by atoms with Crippen LogP contribution in [0.4, 0.5) is 5.69 Å². The maximum atomic E-state index is 13.1. The van der Waals surface area contributed by atoms with Crippen LogP contribution >= 0.6 is 0 Å². The number of benzene rings is 1. The molecule has 0 fully saturated rings. The van der Waals surface area contributed by atoms with E-state index < -0.39 is 22.7 Å². The number of ether oxygens (including phenoxy) is 1. The van der Waals surface area contributed by atoms with Crippen LogP contribution in [0.1, 0.15) is 38.2 Å². The van der Waals surface area contributed by atoms with Crippen molar-refractivity contribution in [2.75, 3.05) is 6.61 Å². The first-order chi connectivity index (χ1) is 12.8. The second-order valence-corrected chi connectivity index (χ2v) is 6.82. The van der Waals surface area contributed by atoms with Gasteiger partial charge in [-0.05, 0) is 24.8 Å². The lowest BCUT2D eigenvalue weighted by atomic mass is 9.70. The van der Waals surface area contributed by atoms with Crippen molar-refractivity contribution in [3.8, 4) is 0 Å². The number of carbonyl (C=O) groups excluding carboxylic acids is 3. The molecular formula is C19H20N2O6. The molecule has 1 aliphatic heterocycles. The minimum Gasteiger partial charge on any atom is -0.465 e. The Morgan fingerprint density at radius 1 is 1.26 bits per heavy atom. The van der Waals surface area contributed by atoms with Crippen molar-refractivity contribution in [2.24, 2.45) is 11.8 Å². The number of ketones is 1. The molecule has 8 nitrogen and oxygen atoms in total. The van der Waals surface area contributed by atoms with Crippen LogP contribution in [0.25, 0.3) is 0 Å². The highest BCUT2D eigenvalue weighted by Gasteiger charge is 2.45. The van der Waals surface area contributed by atoms with Crippen LogP contribution in [-0.4, -0.2) is 29.2 Å². The second kappa shape index (κ2) is 7.30. The Bertz CT molecular complexity index is 842. The molecule has 3 atom stereocenters. The van der Waals surface area contributed by atoms with Gasteiger partial charge in [-0.1, -0.05) is 19.1 Å². The molecule has 0 saturated carbocycles. The summed E-state index contributed by atoms with van der Waals surface area (Å²) in [4.78, 5) is 47.9. The Morgan fingerprint density at radius 2 is 1.93 bits per heavy atom. The molecule has 0 spiro atoms. The largest absolute Gasteiger partial charge is 0.465 e. The second-order valence-electron chi connectivity index (χ2n) is 6.82. The molecule has 142 valence electrons. The first-order valence-electron chi connectivity index (χ1n) is 8.81. The van der Waals surface area contributed by atoms with Crippen LogP contribution in [-0.2, 0) is 19.1 Å². The predicted molar refractivity (Wildman–Crippen MR) is 94.5 cm³/mol. The molecule has 0 saturated heterocycles. The summed E-state index contributed by atoms with van der Waals surface area (Å²) >= 11 is 0. The highest BCUT2D eigenvalue weighted by molar-refractivity contribution is 6.11.